The minimum absolute atomic E-state index is 0.158. The summed E-state index contributed by atoms with van der Waals surface area (Å²) >= 11 is 4.87. The third-order valence-electron chi connectivity index (χ3n) is 2.92. The van der Waals surface area contributed by atoms with Gasteiger partial charge in [-0.3, -0.25) is 4.79 Å². The van der Waals surface area contributed by atoms with E-state index in [2.05, 4.69) is 10.3 Å². The van der Waals surface area contributed by atoms with Gasteiger partial charge in [-0.25, -0.2) is 4.98 Å². The van der Waals surface area contributed by atoms with E-state index >= 15 is 0 Å². The predicted molar refractivity (Wildman–Crippen MR) is 71.5 cm³/mol. The van der Waals surface area contributed by atoms with E-state index in [-0.39, 0.29) is 17.2 Å². The van der Waals surface area contributed by atoms with Crippen LogP contribution in [0.15, 0.2) is 11.8 Å². The lowest BCUT2D eigenvalue weighted by atomic mass is 10.00. The number of rotatable bonds is 1. The molecule has 2 heterocycles. The minimum Gasteiger partial charge on any atom is -0.401 e. The molecule has 0 fully saturated rings. The van der Waals surface area contributed by atoms with Crippen LogP contribution in [0.25, 0.3) is 5.57 Å². The van der Waals surface area contributed by atoms with E-state index in [4.69, 9.17) is 18.0 Å². The Labute approximate surface area is 109 Å². The normalized spacial score (nSPS) is 19.1. The van der Waals surface area contributed by atoms with Crippen molar-refractivity contribution in [2.24, 2.45) is 11.7 Å². The summed E-state index contributed by atoms with van der Waals surface area (Å²) in [6.07, 6.45) is 0. The van der Waals surface area contributed by atoms with E-state index < -0.39 is 11.9 Å². The molecule has 1 amide bonds. The number of thiocarbonyl (C=S) groups is 1. The number of pyridine rings is 1. The second-order valence-electron chi connectivity index (χ2n) is 4.17. The maximum Gasteiger partial charge on any atom is 0.233 e. The number of aryl methyl sites for hydroxylation is 1. The number of anilines is 1. The fourth-order valence-corrected chi connectivity index (χ4v) is 2.13. The first kappa shape index (κ1) is 12.6. The molecule has 0 radical (unpaired) electrons. The molecule has 0 aliphatic carbocycles. The largest absolute Gasteiger partial charge is 0.401 e. The Bertz CT molecular complexity index is 583. The van der Waals surface area contributed by atoms with E-state index in [9.17, 15) is 9.18 Å². The van der Waals surface area contributed by atoms with Crippen LogP contribution in [0.3, 0.4) is 0 Å². The third-order valence-corrected chi connectivity index (χ3v) is 3.15. The number of allylic oxidation sites excluding steroid dienone is 1. The van der Waals surface area contributed by atoms with Gasteiger partial charge in [-0.05, 0) is 19.9 Å². The van der Waals surface area contributed by atoms with Crippen LogP contribution >= 0.6 is 12.2 Å². The molecule has 0 spiro atoms. The third kappa shape index (κ3) is 1.88. The first-order valence-corrected chi connectivity index (χ1v) is 5.86. The summed E-state index contributed by atoms with van der Waals surface area (Å²) in [7, 11) is 0. The van der Waals surface area contributed by atoms with Crippen molar-refractivity contribution >= 4 is 34.8 Å². The number of nitrogens with two attached hydrogens (primary N) is 1. The van der Waals surface area contributed by atoms with E-state index in [1.165, 1.54) is 5.37 Å². The highest BCUT2D eigenvalue weighted by Crippen LogP contribution is 2.32. The summed E-state index contributed by atoms with van der Waals surface area (Å²) in [5, 5.41) is 3.92. The van der Waals surface area contributed by atoms with E-state index in [0.29, 0.717) is 17.0 Å². The molecule has 1 aromatic heterocycles. The SMILES string of the molecule is Cc1cc2c(c(F)n1)C(C=S)=C(N)C(C)C(=O)N2. The van der Waals surface area contributed by atoms with Crippen LogP contribution in [-0.4, -0.2) is 16.3 Å². The molecule has 6 heteroatoms. The second kappa shape index (κ2) is 4.45. The molecule has 1 unspecified atom stereocenters. The Balaban J connectivity index is 2.80. The summed E-state index contributed by atoms with van der Waals surface area (Å²) in [6.45, 7) is 3.29. The average molecular weight is 265 g/mol. The lowest BCUT2D eigenvalue weighted by Crippen LogP contribution is -2.24. The Kier molecular flexibility index (Phi) is 3.13. The molecule has 94 valence electrons. The molecule has 4 nitrogen and oxygen atoms in total. The topological polar surface area (TPSA) is 68.0 Å². The molecule has 1 aromatic rings. The fourth-order valence-electron chi connectivity index (χ4n) is 1.88. The van der Waals surface area contributed by atoms with Crippen LogP contribution in [0.1, 0.15) is 18.2 Å². The van der Waals surface area contributed by atoms with Crippen LogP contribution in [0.4, 0.5) is 10.1 Å². The van der Waals surface area contributed by atoms with Gasteiger partial charge in [-0.15, -0.1) is 0 Å². The van der Waals surface area contributed by atoms with Crippen molar-refractivity contribution in [1.29, 1.82) is 0 Å². The predicted octanol–water partition coefficient (Wildman–Crippen LogP) is 1.79. The van der Waals surface area contributed by atoms with Crippen molar-refractivity contribution < 1.29 is 9.18 Å². The Morgan fingerprint density at radius 3 is 2.89 bits per heavy atom. The molecule has 1 aliphatic rings. The molecule has 1 atom stereocenters. The second-order valence-corrected chi connectivity index (χ2v) is 4.41. The molecule has 0 saturated heterocycles. The number of fused-ring (bicyclic) bond motifs is 1. The first-order valence-electron chi connectivity index (χ1n) is 5.39. The van der Waals surface area contributed by atoms with Gasteiger partial charge in [0, 0.05) is 22.3 Å². The van der Waals surface area contributed by atoms with Gasteiger partial charge in [-0.1, -0.05) is 12.2 Å². The molecule has 0 saturated carbocycles. The number of amides is 1. The molecule has 1 aliphatic heterocycles. The van der Waals surface area contributed by atoms with Crippen LogP contribution < -0.4 is 11.1 Å². The standard InChI is InChI=1S/C12H12FN3OS/c1-5-3-8-9(11(13)15-5)7(4-18)10(14)6(2)12(17)16-8/h3-4,6H,14H2,1-2H3,(H,16,17). The highest BCUT2D eigenvalue weighted by molar-refractivity contribution is 7.79. The van der Waals surface area contributed by atoms with E-state index in [1.54, 1.807) is 19.9 Å². The van der Waals surface area contributed by atoms with Crippen molar-refractivity contribution in [2.75, 3.05) is 5.32 Å². The molecular formula is C12H12FN3OS. The minimum atomic E-state index is -0.682. The number of carbonyl (C=O) groups excluding carboxylic acids is 1. The van der Waals surface area contributed by atoms with Gasteiger partial charge in [0.15, 0.2) is 0 Å². The Morgan fingerprint density at radius 1 is 1.61 bits per heavy atom. The van der Waals surface area contributed by atoms with Crippen molar-refractivity contribution in [3.8, 4) is 0 Å². The van der Waals surface area contributed by atoms with Gasteiger partial charge in [0.2, 0.25) is 11.9 Å². The van der Waals surface area contributed by atoms with Gasteiger partial charge in [0.25, 0.3) is 0 Å². The highest BCUT2D eigenvalue weighted by Gasteiger charge is 2.27. The van der Waals surface area contributed by atoms with Crippen LogP contribution in [0.2, 0.25) is 0 Å². The summed E-state index contributed by atoms with van der Waals surface area (Å²) < 4.78 is 14.0. The van der Waals surface area contributed by atoms with Gasteiger partial charge < -0.3 is 11.1 Å². The summed E-state index contributed by atoms with van der Waals surface area (Å²) in [5.74, 6) is -1.53. The highest BCUT2D eigenvalue weighted by atomic mass is 32.1. The Morgan fingerprint density at radius 2 is 2.28 bits per heavy atom. The lowest BCUT2D eigenvalue weighted by molar-refractivity contribution is -0.118. The van der Waals surface area contributed by atoms with Crippen LogP contribution in [0, 0.1) is 18.8 Å². The monoisotopic (exact) mass is 265 g/mol. The number of halogens is 1. The first-order chi connectivity index (χ1) is 8.45. The number of aromatic nitrogens is 1. The number of carbonyl (C=O) groups is 1. The molecule has 3 N–H and O–H groups in total. The zero-order valence-electron chi connectivity index (χ0n) is 9.95. The smallest absolute Gasteiger partial charge is 0.233 e. The van der Waals surface area contributed by atoms with Gasteiger partial charge in [0.1, 0.15) is 0 Å². The number of nitrogens with zero attached hydrogens (tertiary/aromatic N) is 1. The van der Waals surface area contributed by atoms with Gasteiger partial charge >= 0.3 is 0 Å². The zero-order valence-corrected chi connectivity index (χ0v) is 10.8. The van der Waals surface area contributed by atoms with Gasteiger partial charge in [-0.2, -0.15) is 4.39 Å². The summed E-state index contributed by atoms with van der Waals surface area (Å²) in [4.78, 5) is 15.6. The number of hydrogen-bond donors (Lipinski definition) is 2. The van der Waals surface area contributed by atoms with Gasteiger partial charge in [0.05, 0.1) is 17.2 Å². The number of nitrogens with one attached hydrogen (secondary N) is 1. The van der Waals surface area contributed by atoms with Crippen molar-refractivity contribution in [3.05, 3.63) is 29.0 Å². The molecule has 18 heavy (non-hydrogen) atoms. The molecule has 0 aromatic carbocycles. The molecule has 2 rings (SSSR count). The fraction of sp³-hybridized carbons (Fsp3) is 0.250. The van der Waals surface area contributed by atoms with Crippen LogP contribution in [-0.2, 0) is 4.79 Å². The maximum atomic E-state index is 14.0. The lowest BCUT2D eigenvalue weighted by Gasteiger charge is -2.09. The molecular weight excluding hydrogens is 253 g/mol. The van der Waals surface area contributed by atoms with Crippen LogP contribution in [0.5, 0.6) is 0 Å². The van der Waals surface area contributed by atoms with Crippen molar-refractivity contribution in [3.63, 3.8) is 0 Å². The zero-order chi connectivity index (χ0) is 13.4. The Hall–Kier alpha value is -1.82. The van der Waals surface area contributed by atoms with Crippen molar-refractivity contribution in [2.45, 2.75) is 13.8 Å². The summed E-state index contributed by atoms with van der Waals surface area (Å²) in [5.41, 5.74) is 7.46. The van der Waals surface area contributed by atoms with E-state index in [1.807, 2.05) is 0 Å². The van der Waals surface area contributed by atoms with E-state index in [0.717, 1.165) is 0 Å². The summed E-state index contributed by atoms with van der Waals surface area (Å²) in [6, 6.07) is 1.60. The number of hydrogen-bond acceptors (Lipinski definition) is 4. The quantitative estimate of drug-likeness (QED) is 0.600. The average Bonchev–Trinajstić information content (AvgIpc) is 2.38. The maximum absolute atomic E-state index is 14.0. The van der Waals surface area contributed by atoms with Crippen molar-refractivity contribution in [1.82, 2.24) is 4.98 Å². The molecule has 0 bridgehead atoms.